The first kappa shape index (κ1) is 17.7. The van der Waals surface area contributed by atoms with Crippen LogP contribution in [-0.4, -0.2) is 27.2 Å². The van der Waals surface area contributed by atoms with E-state index in [1.54, 1.807) is 18.2 Å². The van der Waals surface area contributed by atoms with Crippen molar-refractivity contribution in [3.8, 4) is 0 Å². The third-order valence-electron chi connectivity index (χ3n) is 3.77. The van der Waals surface area contributed by atoms with E-state index in [0.29, 0.717) is 18.7 Å². The molecule has 1 aromatic carbocycles. The molecular weight excluding hydrogens is 308 g/mol. The molecule has 1 heterocycles. The maximum Gasteiger partial charge on any atom is 0.273 e. The van der Waals surface area contributed by atoms with Crippen LogP contribution in [0.3, 0.4) is 0 Å². The molecule has 0 aliphatic rings. The highest BCUT2D eigenvalue weighted by Gasteiger charge is 2.16. The van der Waals surface area contributed by atoms with E-state index in [2.05, 4.69) is 10.4 Å². The second kappa shape index (κ2) is 7.72. The van der Waals surface area contributed by atoms with Crippen LogP contribution in [0, 0.1) is 29.9 Å². The van der Waals surface area contributed by atoms with Gasteiger partial charge in [0.15, 0.2) is 0 Å². The van der Waals surface area contributed by atoms with Crippen LogP contribution < -0.4 is 5.32 Å². The van der Waals surface area contributed by atoms with Crippen LogP contribution in [0.4, 0.5) is 5.69 Å². The molecule has 1 amide bonds. The van der Waals surface area contributed by atoms with Crippen LogP contribution >= 0.6 is 0 Å². The van der Waals surface area contributed by atoms with Gasteiger partial charge in [0, 0.05) is 30.4 Å². The number of aryl methyl sites for hydroxylation is 2. The van der Waals surface area contributed by atoms with Crippen LogP contribution in [0.2, 0.25) is 0 Å². The molecule has 0 saturated heterocycles. The third-order valence-corrected chi connectivity index (χ3v) is 3.77. The molecule has 0 spiro atoms. The van der Waals surface area contributed by atoms with Gasteiger partial charge in [-0.15, -0.1) is 0 Å². The Bertz CT molecular complexity index is 739. The lowest BCUT2D eigenvalue weighted by Crippen LogP contribution is -2.31. The van der Waals surface area contributed by atoms with Crippen LogP contribution in [0.1, 0.15) is 23.9 Å². The third kappa shape index (κ3) is 4.65. The summed E-state index contributed by atoms with van der Waals surface area (Å²) in [6.45, 7) is 7.19. The number of rotatable bonds is 7. The lowest BCUT2D eigenvalue weighted by molar-refractivity contribution is -0.385. The Labute approximate surface area is 140 Å². The first-order chi connectivity index (χ1) is 11.4. The van der Waals surface area contributed by atoms with Crippen LogP contribution in [0.25, 0.3) is 0 Å². The van der Waals surface area contributed by atoms with Crippen LogP contribution in [-0.2, 0) is 17.8 Å². The molecule has 1 atom stereocenters. The monoisotopic (exact) mass is 330 g/mol. The number of amides is 1. The first-order valence-corrected chi connectivity index (χ1v) is 7.87. The van der Waals surface area contributed by atoms with Crippen molar-refractivity contribution in [1.82, 2.24) is 15.1 Å². The summed E-state index contributed by atoms with van der Waals surface area (Å²) < 4.78 is 1.92. The zero-order chi connectivity index (χ0) is 17.7. The van der Waals surface area contributed by atoms with Crippen LogP contribution in [0.15, 0.2) is 30.3 Å². The quantitative estimate of drug-likeness (QED) is 0.623. The fourth-order valence-corrected chi connectivity index (χ4v) is 2.58. The summed E-state index contributed by atoms with van der Waals surface area (Å²) in [5.74, 6) is -0.0118. The molecule has 0 saturated carbocycles. The lowest BCUT2D eigenvalue weighted by Gasteiger charge is -2.14. The van der Waals surface area contributed by atoms with Gasteiger partial charge in [-0.25, -0.2) is 0 Å². The second-order valence-corrected chi connectivity index (χ2v) is 6.08. The van der Waals surface area contributed by atoms with Gasteiger partial charge in [-0.1, -0.05) is 25.1 Å². The van der Waals surface area contributed by atoms with E-state index in [-0.39, 0.29) is 23.9 Å². The largest absolute Gasteiger partial charge is 0.355 e. The molecule has 2 rings (SSSR count). The van der Waals surface area contributed by atoms with Gasteiger partial charge < -0.3 is 5.32 Å². The Balaban J connectivity index is 1.87. The molecule has 0 aliphatic heterocycles. The first-order valence-electron chi connectivity index (χ1n) is 7.87. The standard InChI is InChI=1S/C17H22N4O3/c1-12(11-20-14(3)8-13(2)19-20)10-18-17(22)9-15-6-4-5-7-16(15)21(23)24/h4-8,12H,9-11H2,1-3H3,(H,18,22)/t12-/m1/s1. The van der Waals surface area contributed by atoms with Crippen molar-refractivity contribution in [3.63, 3.8) is 0 Å². The highest BCUT2D eigenvalue weighted by Crippen LogP contribution is 2.18. The van der Waals surface area contributed by atoms with E-state index >= 15 is 0 Å². The predicted molar refractivity (Wildman–Crippen MR) is 90.7 cm³/mol. The van der Waals surface area contributed by atoms with Gasteiger partial charge >= 0.3 is 0 Å². The zero-order valence-corrected chi connectivity index (χ0v) is 14.2. The second-order valence-electron chi connectivity index (χ2n) is 6.08. The predicted octanol–water partition coefficient (Wildman–Crippen LogP) is 2.40. The maximum atomic E-state index is 12.1. The van der Waals surface area contributed by atoms with Gasteiger partial charge in [0.1, 0.15) is 0 Å². The van der Waals surface area contributed by atoms with E-state index in [4.69, 9.17) is 0 Å². The van der Waals surface area contributed by atoms with E-state index in [9.17, 15) is 14.9 Å². The molecule has 0 radical (unpaired) electrons. The van der Waals surface area contributed by atoms with Crippen LogP contribution in [0.5, 0.6) is 0 Å². The van der Waals surface area contributed by atoms with Gasteiger partial charge in [-0.05, 0) is 25.8 Å². The molecule has 0 bridgehead atoms. The summed E-state index contributed by atoms with van der Waals surface area (Å²) in [6.07, 6.45) is 0.00375. The summed E-state index contributed by atoms with van der Waals surface area (Å²) in [5, 5.41) is 18.2. The number of hydrogen-bond acceptors (Lipinski definition) is 4. The fourth-order valence-electron chi connectivity index (χ4n) is 2.58. The summed E-state index contributed by atoms with van der Waals surface area (Å²) >= 11 is 0. The van der Waals surface area contributed by atoms with E-state index in [1.807, 2.05) is 31.5 Å². The fraction of sp³-hybridized carbons (Fsp3) is 0.412. The molecule has 2 aromatic rings. The van der Waals surface area contributed by atoms with Crippen molar-refractivity contribution < 1.29 is 9.72 Å². The highest BCUT2D eigenvalue weighted by molar-refractivity contribution is 5.79. The summed E-state index contributed by atoms with van der Waals surface area (Å²) in [6, 6.07) is 8.32. The molecule has 1 aromatic heterocycles. The number of nitrogens with one attached hydrogen (secondary N) is 1. The van der Waals surface area contributed by atoms with Crippen molar-refractivity contribution in [2.24, 2.45) is 5.92 Å². The van der Waals surface area contributed by atoms with Crippen molar-refractivity contribution in [2.75, 3.05) is 6.54 Å². The van der Waals surface area contributed by atoms with Crippen molar-refractivity contribution in [1.29, 1.82) is 0 Å². The normalized spacial score (nSPS) is 12.0. The minimum atomic E-state index is -0.464. The van der Waals surface area contributed by atoms with E-state index in [1.165, 1.54) is 6.07 Å². The Kier molecular flexibility index (Phi) is 5.68. The Hall–Kier alpha value is -2.70. The number of nitrogens with zero attached hydrogens (tertiary/aromatic N) is 3. The number of nitro benzene ring substituents is 1. The van der Waals surface area contributed by atoms with Gasteiger partial charge in [-0.2, -0.15) is 5.10 Å². The van der Waals surface area contributed by atoms with Crippen molar-refractivity contribution in [2.45, 2.75) is 33.7 Å². The topological polar surface area (TPSA) is 90.1 Å². The zero-order valence-electron chi connectivity index (χ0n) is 14.2. The number of carbonyl (C=O) groups excluding carboxylic acids is 1. The smallest absolute Gasteiger partial charge is 0.273 e. The van der Waals surface area contributed by atoms with Gasteiger partial charge in [0.25, 0.3) is 5.69 Å². The molecule has 7 nitrogen and oxygen atoms in total. The van der Waals surface area contributed by atoms with Gasteiger partial charge in [0.05, 0.1) is 17.0 Å². The number of aromatic nitrogens is 2. The number of carbonyl (C=O) groups is 1. The molecular formula is C17H22N4O3. The molecule has 0 unspecified atom stereocenters. The minimum absolute atomic E-state index is 0.00375. The summed E-state index contributed by atoms with van der Waals surface area (Å²) in [4.78, 5) is 22.6. The Morgan fingerprint density at radius 1 is 1.38 bits per heavy atom. The van der Waals surface area contributed by atoms with E-state index < -0.39 is 4.92 Å². The SMILES string of the molecule is Cc1cc(C)n(C[C@H](C)CNC(=O)Cc2ccccc2[N+](=O)[O-])n1. The number of benzene rings is 1. The average Bonchev–Trinajstić information content (AvgIpc) is 2.83. The lowest BCUT2D eigenvalue weighted by atomic mass is 10.1. The van der Waals surface area contributed by atoms with Gasteiger partial charge in [-0.3, -0.25) is 19.6 Å². The summed E-state index contributed by atoms with van der Waals surface area (Å²) in [7, 11) is 0. The summed E-state index contributed by atoms with van der Waals surface area (Å²) in [5.41, 5.74) is 2.46. The number of nitro groups is 1. The molecule has 1 N–H and O–H groups in total. The van der Waals surface area contributed by atoms with Crippen molar-refractivity contribution in [3.05, 3.63) is 57.4 Å². The molecule has 0 aliphatic carbocycles. The van der Waals surface area contributed by atoms with Gasteiger partial charge in [0.2, 0.25) is 5.91 Å². The Morgan fingerprint density at radius 3 is 2.71 bits per heavy atom. The molecule has 7 heteroatoms. The van der Waals surface area contributed by atoms with Crippen molar-refractivity contribution >= 4 is 11.6 Å². The minimum Gasteiger partial charge on any atom is -0.355 e. The average molecular weight is 330 g/mol. The molecule has 24 heavy (non-hydrogen) atoms. The Morgan fingerprint density at radius 2 is 2.08 bits per heavy atom. The maximum absolute atomic E-state index is 12.1. The van der Waals surface area contributed by atoms with E-state index in [0.717, 1.165) is 11.4 Å². The molecule has 128 valence electrons. The number of hydrogen-bond donors (Lipinski definition) is 1. The highest BCUT2D eigenvalue weighted by atomic mass is 16.6. The number of para-hydroxylation sites is 1. The molecule has 0 fully saturated rings.